The summed E-state index contributed by atoms with van der Waals surface area (Å²) in [5, 5.41) is 3.62. The highest BCUT2D eigenvalue weighted by Gasteiger charge is 2.28. The molecule has 1 aliphatic rings. The van der Waals surface area contributed by atoms with Gasteiger partial charge < -0.3 is 15.8 Å². The van der Waals surface area contributed by atoms with Gasteiger partial charge in [0.1, 0.15) is 5.75 Å². The highest BCUT2D eigenvalue weighted by atomic mass is 16.5. The van der Waals surface area contributed by atoms with Gasteiger partial charge in [0.15, 0.2) is 0 Å². The molecule has 1 saturated carbocycles. The molecule has 0 unspecified atom stereocenters. The molecule has 0 aliphatic heterocycles. The predicted molar refractivity (Wildman–Crippen MR) is 77.1 cm³/mol. The summed E-state index contributed by atoms with van der Waals surface area (Å²) >= 11 is 0. The number of rotatable bonds is 4. The molecule has 0 amide bonds. The van der Waals surface area contributed by atoms with Crippen LogP contribution in [0.2, 0.25) is 0 Å². The molecule has 3 heteroatoms. The van der Waals surface area contributed by atoms with Crippen LogP contribution in [0.4, 0.5) is 11.4 Å². The van der Waals surface area contributed by atoms with Crippen molar-refractivity contribution >= 4 is 11.4 Å². The lowest BCUT2D eigenvalue weighted by molar-refractivity contribution is 0.244. The number of nitrogens with two attached hydrogens (primary N) is 1. The number of nitrogen functional groups attached to an aromatic ring is 1. The fraction of sp³-hybridized carbons (Fsp3) is 0.600. The Bertz CT molecular complexity index is 409. The van der Waals surface area contributed by atoms with Crippen molar-refractivity contribution in [2.75, 3.05) is 11.1 Å². The number of benzene rings is 1. The van der Waals surface area contributed by atoms with E-state index < -0.39 is 0 Å². The second-order valence-electron chi connectivity index (χ2n) is 5.81. The molecule has 0 bridgehead atoms. The first kappa shape index (κ1) is 13.1. The van der Waals surface area contributed by atoms with Crippen molar-refractivity contribution in [3.8, 4) is 5.75 Å². The van der Waals surface area contributed by atoms with Crippen molar-refractivity contribution in [1.29, 1.82) is 0 Å². The predicted octanol–water partition coefficient (Wildman–Crippen LogP) is 3.80. The topological polar surface area (TPSA) is 47.3 Å². The molecule has 0 aromatic heterocycles. The van der Waals surface area contributed by atoms with Gasteiger partial charge >= 0.3 is 0 Å². The fourth-order valence-electron chi connectivity index (χ4n) is 2.60. The Morgan fingerprint density at radius 1 is 1.28 bits per heavy atom. The van der Waals surface area contributed by atoms with Gasteiger partial charge in [-0.1, -0.05) is 12.8 Å². The number of hydrogen-bond acceptors (Lipinski definition) is 3. The van der Waals surface area contributed by atoms with Gasteiger partial charge in [0.25, 0.3) is 0 Å². The molecule has 0 saturated heterocycles. The summed E-state index contributed by atoms with van der Waals surface area (Å²) in [5.74, 6) is 0.775. The molecule has 18 heavy (non-hydrogen) atoms. The lowest BCUT2D eigenvalue weighted by atomic mass is 10.0. The van der Waals surface area contributed by atoms with E-state index in [-0.39, 0.29) is 11.6 Å². The van der Waals surface area contributed by atoms with E-state index in [1.165, 1.54) is 25.7 Å². The number of hydrogen-bond donors (Lipinski definition) is 2. The first-order chi connectivity index (χ1) is 8.48. The van der Waals surface area contributed by atoms with Crippen molar-refractivity contribution in [3.63, 3.8) is 0 Å². The quantitative estimate of drug-likeness (QED) is 0.797. The van der Waals surface area contributed by atoms with E-state index >= 15 is 0 Å². The third kappa shape index (κ3) is 3.09. The molecular formula is C15H24N2O. The molecule has 3 nitrogen and oxygen atoms in total. The molecular weight excluding hydrogens is 224 g/mol. The van der Waals surface area contributed by atoms with E-state index in [9.17, 15) is 0 Å². The minimum Gasteiger partial charge on any atom is -0.489 e. The van der Waals surface area contributed by atoms with Crippen LogP contribution < -0.4 is 15.8 Å². The van der Waals surface area contributed by atoms with Crippen LogP contribution in [0.3, 0.4) is 0 Å². The summed E-state index contributed by atoms with van der Waals surface area (Å²) in [7, 11) is 0. The van der Waals surface area contributed by atoms with Crippen molar-refractivity contribution in [2.45, 2.75) is 58.1 Å². The Hall–Kier alpha value is -1.38. The summed E-state index contributed by atoms with van der Waals surface area (Å²) in [4.78, 5) is 0. The lowest BCUT2D eigenvalue weighted by Gasteiger charge is -2.27. The molecule has 0 spiro atoms. The summed E-state index contributed by atoms with van der Waals surface area (Å²) < 4.78 is 5.72. The van der Waals surface area contributed by atoms with Crippen LogP contribution in [0.5, 0.6) is 5.75 Å². The molecule has 1 aromatic rings. The van der Waals surface area contributed by atoms with Gasteiger partial charge in [-0.05, 0) is 45.7 Å². The van der Waals surface area contributed by atoms with Crippen molar-refractivity contribution in [2.24, 2.45) is 0 Å². The zero-order valence-corrected chi connectivity index (χ0v) is 11.6. The zero-order valence-electron chi connectivity index (χ0n) is 11.6. The van der Waals surface area contributed by atoms with Crippen molar-refractivity contribution in [3.05, 3.63) is 18.2 Å². The average molecular weight is 248 g/mol. The molecule has 100 valence electrons. The van der Waals surface area contributed by atoms with E-state index in [0.717, 1.165) is 11.4 Å². The first-order valence-electron chi connectivity index (χ1n) is 6.83. The smallest absolute Gasteiger partial charge is 0.144 e. The second kappa shape index (κ2) is 5.09. The molecule has 0 heterocycles. The van der Waals surface area contributed by atoms with Crippen molar-refractivity contribution < 1.29 is 4.74 Å². The fourth-order valence-corrected chi connectivity index (χ4v) is 2.60. The molecule has 0 atom stereocenters. The van der Waals surface area contributed by atoms with Crippen LogP contribution in [0.15, 0.2) is 18.2 Å². The Kier molecular flexibility index (Phi) is 3.69. The third-order valence-corrected chi connectivity index (χ3v) is 3.53. The number of ether oxygens (including phenoxy) is 1. The summed E-state index contributed by atoms with van der Waals surface area (Å²) in [6, 6.07) is 5.96. The van der Waals surface area contributed by atoms with Gasteiger partial charge in [0, 0.05) is 17.3 Å². The van der Waals surface area contributed by atoms with Crippen molar-refractivity contribution in [1.82, 2.24) is 0 Å². The minimum atomic E-state index is 0.143. The van der Waals surface area contributed by atoms with Crippen LogP contribution in [-0.4, -0.2) is 11.6 Å². The van der Waals surface area contributed by atoms with Gasteiger partial charge in [-0.2, -0.15) is 0 Å². The SMILES string of the molecule is CC(C)Oc1cc(NC2(C)CCCC2)ccc1N. The van der Waals surface area contributed by atoms with E-state index in [0.29, 0.717) is 5.69 Å². The maximum absolute atomic E-state index is 5.93. The maximum atomic E-state index is 5.93. The van der Waals surface area contributed by atoms with Crippen LogP contribution in [0.1, 0.15) is 46.5 Å². The van der Waals surface area contributed by atoms with Crippen LogP contribution >= 0.6 is 0 Å². The van der Waals surface area contributed by atoms with E-state index in [4.69, 9.17) is 10.5 Å². The van der Waals surface area contributed by atoms with Crippen LogP contribution in [0.25, 0.3) is 0 Å². The Morgan fingerprint density at radius 2 is 1.94 bits per heavy atom. The Morgan fingerprint density at radius 3 is 2.56 bits per heavy atom. The molecule has 1 aromatic carbocycles. The minimum absolute atomic E-state index is 0.143. The summed E-state index contributed by atoms with van der Waals surface area (Å²) in [5.41, 5.74) is 7.95. The third-order valence-electron chi connectivity index (χ3n) is 3.53. The maximum Gasteiger partial charge on any atom is 0.144 e. The standard InChI is InChI=1S/C15H24N2O/c1-11(2)18-14-10-12(6-7-13(14)16)17-15(3)8-4-5-9-15/h6-7,10-11,17H,4-5,8-9,16H2,1-3H3. The van der Waals surface area contributed by atoms with E-state index in [1.54, 1.807) is 0 Å². The molecule has 1 fully saturated rings. The number of anilines is 2. The number of nitrogens with one attached hydrogen (secondary N) is 1. The summed E-state index contributed by atoms with van der Waals surface area (Å²) in [6.07, 6.45) is 5.24. The van der Waals surface area contributed by atoms with Gasteiger partial charge in [-0.3, -0.25) is 0 Å². The van der Waals surface area contributed by atoms with Crippen LogP contribution in [0, 0.1) is 0 Å². The largest absolute Gasteiger partial charge is 0.489 e. The Balaban J connectivity index is 2.13. The first-order valence-corrected chi connectivity index (χ1v) is 6.83. The molecule has 0 radical (unpaired) electrons. The molecule has 1 aliphatic carbocycles. The second-order valence-corrected chi connectivity index (χ2v) is 5.81. The van der Waals surface area contributed by atoms with Gasteiger partial charge in [0.2, 0.25) is 0 Å². The highest BCUT2D eigenvalue weighted by molar-refractivity contribution is 5.62. The normalized spacial score (nSPS) is 18.0. The monoisotopic (exact) mass is 248 g/mol. The summed E-state index contributed by atoms with van der Waals surface area (Å²) in [6.45, 7) is 6.31. The average Bonchev–Trinajstić information content (AvgIpc) is 2.69. The molecule has 2 rings (SSSR count). The highest BCUT2D eigenvalue weighted by Crippen LogP contribution is 2.34. The molecule has 3 N–H and O–H groups in total. The Labute approximate surface area is 110 Å². The van der Waals surface area contributed by atoms with Gasteiger partial charge in [-0.25, -0.2) is 0 Å². The van der Waals surface area contributed by atoms with E-state index in [1.807, 2.05) is 32.0 Å². The zero-order chi connectivity index (χ0) is 13.2. The van der Waals surface area contributed by atoms with Crippen LogP contribution in [-0.2, 0) is 0 Å². The lowest BCUT2D eigenvalue weighted by Crippen LogP contribution is -2.30. The van der Waals surface area contributed by atoms with E-state index in [2.05, 4.69) is 12.2 Å². The van der Waals surface area contributed by atoms with Gasteiger partial charge in [0.05, 0.1) is 11.8 Å². The van der Waals surface area contributed by atoms with Gasteiger partial charge in [-0.15, -0.1) is 0 Å².